The van der Waals surface area contributed by atoms with Gasteiger partial charge in [0.05, 0.1) is 61.2 Å². The molecule has 116 heavy (non-hydrogen) atoms. The first-order valence-electron chi connectivity index (χ1n) is 46.1. The molecule has 0 aliphatic heterocycles. The van der Waals surface area contributed by atoms with Crippen LogP contribution in [0.1, 0.15) is 277 Å². The maximum Gasteiger partial charge on any atom is 0.0541 e. The Morgan fingerprint density at radius 3 is 0.491 bits per heavy atom. The molecule has 4 aromatic heterocycles. The lowest BCUT2D eigenvalue weighted by Gasteiger charge is -2.18. The first-order chi connectivity index (χ1) is 57.8. The largest absolute Gasteiger partial charge is 0.309 e. The van der Waals surface area contributed by atoms with Crippen LogP contribution < -0.4 is 0 Å². The number of benzene rings is 12. The second kappa shape index (κ2) is 76.2. The van der Waals surface area contributed by atoms with Crippen molar-refractivity contribution >= 4 is 87.2 Å². The summed E-state index contributed by atoms with van der Waals surface area (Å²) in [5.74, 6) is 0. The fourth-order valence-corrected chi connectivity index (χ4v) is 12.3. The van der Waals surface area contributed by atoms with Crippen molar-refractivity contribution in [3.63, 3.8) is 0 Å². The minimum Gasteiger partial charge on any atom is -0.309 e. The Hall–Kier alpha value is -10.2. The van der Waals surface area contributed by atoms with Gasteiger partial charge in [0.15, 0.2) is 0 Å². The molecule has 0 saturated carbocycles. The summed E-state index contributed by atoms with van der Waals surface area (Å²) in [5.41, 5.74) is 19.3. The third-order valence-corrected chi connectivity index (χ3v) is 15.5. The molecular weight excluding hydrogens is 1400 g/mol. The minimum atomic E-state index is 1.16. The van der Waals surface area contributed by atoms with Crippen LogP contribution in [0.5, 0.6) is 0 Å². The molecular formula is C112H168N4. The Labute approximate surface area is 714 Å². The standard InChI is InChI=1S/2C36H24N2.20C2H6/c1-7-19-31-25(13-1)26-14-2-8-20-32(26)37(31)35-23-11-5-17-29(35)30-18-6-12-24-36(30)38-33-21-9-3-15-27(33)28-16-4-10-22-34(28)38;1-6-19-32(38-35-22-9-4-17-30(35)31-18-5-10-23-36(31)38)27(14-1)25-12-11-13-26(24-25)37-33-20-7-2-15-28(33)29-16-3-8-21-34(29)37;20*1-2/h2*1-24H;20*1-2H3. The van der Waals surface area contributed by atoms with Crippen LogP contribution in [-0.4, -0.2) is 18.3 Å². The van der Waals surface area contributed by atoms with Crippen molar-refractivity contribution < 1.29 is 0 Å². The fourth-order valence-electron chi connectivity index (χ4n) is 12.3. The number of hydrogen-bond acceptors (Lipinski definition) is 0. The highest BCUT2D eigenvalue weighted by Crippen LogP contribution is 2.42. The predicted molar refractivity (Wildman–Crippen MR) is 548 cm³/mol. The summed E-state index contributed by atoms with van der Waals surface area (Å²) >= 11 is 0. The second-order valence-electron chi connectivity index (χ2n) is 19.6. The molecule has 0 N–H and O–H groups in total. The summed E-state index contributed by atoms with van der Waals surface area (Å²) in [5, 5.41) is 10.2. The minimum absolute atomic E-state index is 1.16. The van der Waals surface area contributed by atoms with E-state index in [2.05, 4.69) is 309 Å². The third-order valence-electron chi connectivity index (χ3n) is 15.5. The Bertz CT molecular complexity index is 4540. The SMILES string of the molecule is CC.CC.CC.CC.CC.CC.CC.CC.CC.CC.CC.CC.CC.CC.CC.CC.CC.CC.CC.CC.c1cc(-c2ccccc2-n2c3ccccc3c3ccccc32)cc(-n2c3ccccc3c3ccccc32)c1.c1ccc(-n2c3ccccc3c3ccccc32)c(-c2ccccc2-n2c3ccccc3c3ccccc32)c1. The van der Waals surface area contributed by atoms with Crippen molar-refractivity contribution in [1.29, 1.82) is 0 Å². The summed E-state index contributed by atoms with van der Waals surface area (Å²) in [6, 6.07) is 105. The van der Waals surface area contributed by atoms with Crippen molar-refractivity contribution in [3.8, 4) is 45.0 Å². The molecule has 0 fully saturated rings. The van der Waals surface area contributed by atoms with Gasteiger partial charge in [0.25, 0.3) is 0 Å². The zero-order valence-corrected chi connectivity index (χ0v) is 81.5. The number of nitrogens with zero attached hydrogens (tertiary/aromatic N) is 4. The number of hydrogen-bond donors (Lipinski definition) is 0. The molecule has 12 aromatic carbocycles. The van der Waals surface area contributed by atoms with Gasteiger partial charge in [-0.15, -0.1) is 0 Å². The highest BCUT2D eigenvalue weighted by Gasteiger charge is 2.21. The summed E-state index contributed by atoms with van der Waals surface area (Å²) in [6.07, 6.45) is 0. The molecule has 0 atom stereocenters. The van der Waals surface area contributed by atoms with Crippen LogP contribution in [0.4, 0.5) is 0 Å². The van der Waals surface area contributed by atoms with E-state index in [0.29, 0.717) is 0 Å². The van der Waals surface area contributed by atoms with Gasteiger partial charge in [0.1, 0.15) is 0 Å². The van der Waals surface area contributed by atoms with E-state index >= 15 is 0 Å². The number of aromatic nitrogens is 4. The molecule has 0 unspecified atom stereocenters. The van der Waals surface area contributed by atoms with Gasteiger partial charge in [-0.1, -0.05) is 489 Å². The molecule has 0 spiro atoms. The first kappa shape index (κ1) is 117. The summed E-state index contributed by atoms with van der Waals surface area (Å²) < 4.78 is 9.63. The van der Waals surface area contributed by atoms with Gasteiger partial charge in [-0.3, -0.25) is 0 Å². The smallest absolute Gasteiger partial charge is 0.0541 e. The van der Waals surface area contributed by atoms with Gasteiger partial charge in [0, 0.05) is 65.5 Å². The van der Waals surface area contributed by atoms with E-state index in [-0.39, 0.29) is 0 Å². The van der Waals surface area contributed by atoms with Crippen molar-refractivity contribution in [3.05, 3.63) is 291 Å². The molecule has 4 heteroatoms. The van der Waals surface area contributed by atoms with Crippen LogP contribution in [0.3, 0.4) is 0 Å². The molecule has 16 aromatic rings. The predicted octanol–water partition coefficient (Wildman–Crippen LogP) is 39.6. The van der Waals surface area contributed by atoms with Gasteiger partial charge in [-0.05, 0) is 84.4 Å². The Kier molecular flexibility index (Phi) is 76.6. The van der Waals surface area contributed by atoms with Crippen LogP contribution in [0.2, 0.25) is 0 Å². The van der Waals surface area contributed by atoms with E-state index in [0.717, 1.165) is 5.69 Å². The van der Waals surface area contributed by atoms with Crippen molar-refractivity contribution in [2.24, 2.45) is 0 Å². The van der Waals surface area contributed by atoms with Gasteiger partial charge < -0.3 is 18.3 Å². The van der Waals surface area contributed by atoms with Crippen LogP contribution >= 0.6 is 0 Å². The van der Waals surface area contributed by atoms with Crippen LogP contribution in [0, 0.1) is 0 Å². The Morgan fingerprint density at radius 1 is 0.129 bits per heavy atom. The lowest BCUT2D eigenvalue weighted by molar-refractivity contribution is 1.16. The van der Waals surface area contributed by atoms with E-state index in [9.17, 15) is 0 Å². The van der Waals surface area contributed by atoms with Gasteiger partial charge in [-0.25, -0.2) is 0 Å². The van der Waals surface area contributed by atoms with E-state index in [1.807, 2.05) is 277 Å². The van der Waals surface area contributed by atoms with Gasteiger partial charge in [-0.2, -0.15) is 0 Å². The molecule has 4 nitrogen and oxygen atoms in total. The summed E-state index contributed by atoms with van der Waals surface area (Å²) in [7, 11) is 0. The maximum absolute atomic E-state index is 2.42. The average molecular weight is 1570 g/mol. The zero-order valence-electron chi connectivity index (χ0n) is 81.5. The van der Waals surface area contributed by atoms with E-state index in [1.54, 1.807) is 0 Å². The van der Waals surface area contributed by atoms with Crippen LogP contribution in [-0.2, 0) is 0 Å². The molecule has 0 radical (unpaired) electrons. The molecule has 0 aliphatic carbocycles. The highest BCUT2D eigenvalue weighted by molar-refractivity contribution is 6.13. The highest BCUT2D eigenvalue weighted by atomic mass is 15.0. The Balaban J connectivity index is -0.000000366. The van der Waals surface area contributed by atoms with Gasteiger partial charge in [0.2, 0.25) is 0 Å². The second-order valence-corrected chi connectivity index (χ2v) is 19.6. The van der Waals surface area contributed by atoms with Gasteiger partial charge >= 0.3 is 0 Å². The fraction of sp³-hybridized carbons (Fsp3) is 0.357. The van der Waals surface area contributed by atoms with Crippen molar-refractivity contribution in [2.75, 3.05) is 0 Å². The number of para-hydroxylation sites is 11. The molecule has 0 saturated heterocycles. The molecule has 636 valence electrons. The number of rotatable bonds is 6. The van der Waals surface area contributed by atoms with E-state index < -0.39 is 0 Å². The molecule has 4 heterocycles. The van der Waals surface area contributed by atoms with Crippen LogP contribution in [0.25, 0.3) is 132 Å². The molecule has 0 amide bonds. The maximum atomic E-state index is 2.42. The van der Waals surface area contributed by atoms with E-state index in [4.69, 9.17) is 0 Å². The third kappa shape index (κ3) is 29.5. The summed E-state index contributed by atoms with van der Waals surface area (Å²) in [6.45, 7) is 80.0. The van der Waals surface area contributed by atoms with E-state index in [1.165, 1.54) is 127 Å². The zero-order chi connectivity index (χ0) is 90.1. The lowest BCUT2D eigenvalue weighted by atomic mass is 10.0. The monoisotopic (exact) mass is 1570 g/mol. The molecule has 0 bridgehead atoms. The normalized spacial score (nSPS) is 8.69. The van der Waals surface area contributed by atoms with Crippen molar-refractivity contribution in [2.45, 2.75) is 277 Å². The molecule has 0 aliphatic rings. The van der Waals surface area contributed by atoms with Crippen LogP contribution in [0.15, 0.2) is 291 Å². The average Bonchev–Trinajstić information content (AvgIpc) is 1.58. The number of fused-ring (bicyclic) bond motifs is 12. The summed E-state index contributed by atoms with van der Waals surface area (Å²) in [4.78, 5) is 0. The topological polar surface area (TPSA) is 19.7 Å². The first-order valence-corrected chi connectivity index (χ1v) is 46.1. The Morgan fingerprint density at radius 2 is 0.284 bits per heavy atom. The lowest BCUT2D eigenvalue weighted by Crippen LogP contribution is -2.01. The molecule has 16 rings (SSSR count). The van der Waals surface area contributed by atoms with Crippen molar-refractivity contribution in [1.82, 2.24) is 18.3 Å². The quantitative estimate of drug-likeness (QED) is 0.158.